The summed E-state index contributed by atoms with van der Waals surface area (Å²) in [4.78, 5) is 0. The van der Waals surface area contributed by atoms with E-state index in [0.29, 0.717) is 5.49 Å². The molecule has 1 atom stereocenters. The van der Waals surface area contributed by atoms with E-state index in [-0.39, 0.29) is 6.17 Å². The zero-order valence-corrected chi connectivity index (χ0v) is 8.96. The zero-order valence-electron chi connectivity index (χ0n) is 8.96. The average Bonchev–Trinajstić information content (AvgIpc) is 2.20. The van der Waals surface area contributed by atoms with Gasteiger partial charge in [-0.05, 0) is 32.6 Å². The van der Waals surface area contributed by atoms with Gasteiger partial charge in [-0.25, -0.2) is 0 Å². The highest BCUT2D eigenvalue weighted by molar-refractivity contribution is 5.09. The fourth-order valence-electron chi connectivity index (χ4n) is 1.33. The lowest BCUT2D eigenvalue weighted by Crippen LogP contribution is -2.30. The summed E-state index contributed by atoms with van der Waals surface area (Å²) in [6, 6.07) is 3.79. The van der Waals surface area contributed by atoms with Crippen molar-refractivity contribution in [1.29, 1.82) is 5.41 Å². The second-order valence-corrected chi connectivity index (χ2v) is 3.32. The van der Waals surface area contributed by atoms with Gasteiger partial charge in [0.05, 0.1) is 6.17 Å². The van der Waals surface area contributed by atoms with Gasteiger partial charge in [-0.15, -0.1) is 0 Å². The monoisotopic (exact) mass is 194 g/mol. The molecule has 3 N–H and O–H groups in total. The topological polar surface area (TPSA) is 52.8 Å². The van der Waals surface area contributed by atoms with Crippen LogP contribution in [0, 0.1) is 5.41 Å². The van der Waals surface area contributed by atoms with Gasteiger partial charge in [0, 0.05) is 12.7 Å². The van der Waals surface area contributed by atoms with Crippen LogP contribution in [0.15, 0.2) is 18.3 Å². The molecular formula is C10H18N4. The van der Waals surface area contributed by atoms with E-state index < -0.39 is 0 Å². The van der Waals surface area contributed by atoms with E-state index in [1.54, 1.807) is 0 Å². The SMILES string of the molecule is CNCc1ccc(=N)n(C(C)NC)c1. The van der Waals surface area contributed by atoms with Crippen molar-refractivity contribution in [3.05, 3.63) is 29.4 Å². The zero-order chi connectivity index (χ0) is 10.6. The Labute approximate surface area is 84.5 Å². The van der Waals surface area contributed by atoms with Crippen molar-refractivity contribution in [2.24, 2.45) is 0 Å². The van der Waals surface area contributed by atoms with Crippen LogP contribution >= 0.6 is 0 Å². The van der Waals surface area contributed by atoms with Crippen molar-refractivity contribution in [3.63, 3.8) is 0 Å². The Balaban J connectivity index is 3.02. The number of nitrogens with zero attached hydrogens (tertiary/aromatic N) is 1. The number of aromatic nitrogens is 1. The van der Waals surface area contributed by atoms with Gasteiger partial charge >= 0.3 is 0 Å². The maximum atomic E-state index is 7.74. The molecule has 0 saturated heterocycles. The van der Waals surface area contributed by atoms with E-state index >= 15 is 0 Å². The molecule has 0 saturated carbocycles. The number of hydrogen-bond donors (Lipinski definition) is 3. The fourth-order valence-corrected chi connectivity index (χ4v) is 1.33. The first-order valence-corrected chi connectivity index (χ1v) is 4.76. The van der Waals surface area contributed by atoms with Crippen molar-refractivity contribution >= 4 is 0 Å². The van der Waals surface area contributed by atoms with Gasteiger partial charge in [0.2, 0.25) is 0 Å². The molecule has 1 rings (SSSR count). The lowest BCUT2D eigenvalue weighted by molar-refractivity contribution is 0.453. The number of hydrogen-bond acceptors (Lipinski definition) is 3. The Kier molecular flexibility index (Phi) is 3.85. The second-order valence-electron chi connectivity index (χ2n) is 3.32. The van der Waals surface area contributed by atoms with Crippen LogP contribution in [-0.2, 0) is 6.54 Å². The molecule has 14 heavy (non-hydrogen) atoms. The quantitative estimate of drug-likeness (QED) is 0.651. The Bertz CT molecular complexity index is 342. The Hall–Kier alpha value is -1.13. The first-order valence-electron chi connectivity index (χ1n) is 4.76. The van der Waals surface area contributed by atoms with E-state index in [1.165, 1.54) is 5.56 Å². The highest BCUT2D eigenvalue weighted by Gasteiger charge is 2.01. The third kappa shape index (κ3) is 2.43. The highest BCUT2D eigenvalue weighted by Crippen LogP contribution is 2.00. The maximum Gasteiger partial charge on any atom is 0.125 e. The summed E-state index contributed by atoms with van der Waals surface area (Å²) in [6.45, 7) is 2.86. The van der Waals surface area contributed by atoms with Crippen LogP contribution < -0.4 is 16.1 Å². The highest BCUT2D eigenvalue weighted by atomic mass is 15.1. The fraction of sp³-hybridized carbons (Fsp3) is 0.500. The van der Waals surface area contributed by atoms with Gasteiger partial charge in [0.15, 0.2) is 0 Å². The summed E-state index contributed by atoms with van der Waals surface area (Å²) in [6.07, 6.45) is 2.15. The van der Waals surface area contributed by atoms with E-state index in [2.05, 4.69) is 10.6 Å². The van der Waals surface area contributed by atoms with E-state index in [9.17, 15) is 0 Å². The molecule has 78 valence electrons. The smallest absolute Gasteiger partial charge is 0.125 e. The first-order chi connectivity index (χ1) is 6.69. The molecule has 0 aliphatic rings. The standard InChI is InChI=1S/C10H18N4/c1-8(13-3)14-7-9(6-12-2)4-5-10(14)11/h4-5,7-8,11-13H,6H2,1-3H3. The van der Waals surface area contributed by atoms with Crippen molar-refractivity contribution < 1.29 is 0 Å². The third-order valence-corrected chi connectivity index (χ3v) is 2.25. The van der Waals surface area contributed by atoms with Crippen molar-refractivity contribution in [3.8, 4) is 0 Å². The minimum absolute atomic E-state index is 0.152. The molecule has 0 radical (unpaired) electrons. The molecule has 1 aromatic heterocycles. The number of pyridine rings is 1. The van der Waals surface area contributed by atoms with Gasteiger partial charge in [-0.1, -0.05) is 6.07 Å². The summed E-state index contributed by atoms with van der Waals surface area (Å²) >= 11 is 0. The summed E-state index contributed by atoms with van der Waals surface area (Å²) in [5, 5.41) is 13.9. The molecule has 1 aromatic rings. The second kappa shape index (κ2) is 4.93. The van der Waals surface area contributed by atoms with Gasteiger partial charge in [-0.3, -0.25) is 5.41 Å². The van der Waals surface area contributed by atoms with Crippen LogP contribution in [0.2, 0.25) is 0 Å². The predicted octanol–water partition coefficient (Wildman–Crippen LogP) is 0.425. The van der Waals surface area contributed by atoms with Crippen molar-refractivity contribution in [1.82, 2.24) is 15.2 Å². The summed E-state index contributed by atoms with van der Waals surface area (Å²) in [5.41, 5.74) is 1.71. The molecule has 0 bridgehead atoms. The Morgan fingerprint density at radius 2 is 2.14 bits per heavy atom. The van der Waals surface area contributed by atoms with Crippen LogP contribution in [-0.4, -0.2) is 18.7 Å². The molecule has 0 aliphatic heterocycles. The Morgan fingerprint density at radius 1 is 1.43 bits per heavy atom. The first kappa shape index (κ1) is 10.9. The number of rotatable bonds is 4. The van der Waals surface area contributed by atoms with Gasteiger partial charge in [-0.2, -0.15) is 0 Å². The van der Waals surface area contributed by atoms with Crippen molar-refractivity contribution in [2.75, 3.05) is 14.1 Å². The Morgan fingerprint density at radius 3 is 2.71 bits per heavy atom. The molecule has 0 aliphatic carbocycles. The van der Waals surface area contributed by atoms with E-state index in [1.807, 2.05) is 43.9 Å². The lowest BCUT2D eigenvalue weighted by Gasteiger charge is -2.16. The molecule has 1 heterocycles. The molecular weight excluding hydrogens is 176 g/mol. The minimum Gasteiger partial charge on any atom is -0.317 e. The lowest BCUT2D eigenvalue weighted by atomic mass is 10.2. The van der Waals surface area contributed by atoms with Crippen LogP contribution in [0.25, 0.3) is 0 Å². The summed E-state index contributed by atoms with van der Waals surface area (Å²) in [5.74, 6) is 0. The average molecular weight is 194 g/mol. The number of nitrogens with one attached hydrogen (secondary N) is 3. The third-order valence-electron chi connectivity index (χ3n) is 2.25. The van der Waals surface area contributed by atoms with Crippen LogP contribution in [0.5, 0.6) is 0 Å². The van der Waals surface area contributed by atoms with E-state index in [4.69, 9.17) is 5.41 Å². The van der Waals surface area contributed by atoms with Crippen LogP contribution in [0.1, 0.15) is 18.7 Å². The van der Waals surface area contributed by atoms with Gasteiger partial charge in [0.1, 0.15) is 5.49 Å². The van der Waals surface area contributed by atoms with Gasteiger partial charge in [0.25, 0.3) is 0 Å². The molecule has 1 unspecified atom stereocenters. The normalized spacial score (nSPS) is 12.8. The van der Waals surface area contributed by atoms with E-state index in [0.717, 1.165) is 6.54 Å². The van der Waals surface area contributed by atoms with Crippen molar-refractivity contribution in [2.45, 2.75) is 19.6 Å². The summed E-state index contributed by atoms with van der Waals surface area (Å²) in [7, 11) is 3.81. The minimum atomic E-state index is 0.152. The predicted molar refractivity (Wildman–Crippen MR) is 56.8 cm³/mol. The van der Waals surface area contributed by atoms with Gasteiger partial charge < -0.3 is 15.2 Å². The molecule has 4 heteroatoms. The van der Waals surface area contributed by atoms with Crippen LogP contribution in [0.4, 0.5) is 0 Å². The maximum absolute atomic E-state index is 7.74. The molecule has 0 spiro atoms. The largest absolute Gasteiger partial charge is 0.317 e. The molecule has 0 amide bonds. The summed E-state index contributed by atoms with van der Waals surface area (Å²) < 4.78 is 1.91. The molecule has 0 fully saturated rings. The molecule has 0 aromatic carbocycles. The molecule has 4 nitrogen and oxygen atoms in total. The van der Waals surface area contributed by atoms with Crippen LogP contribution in [0.3, 0.4) is 0 Å².